The lowest BCUT2D eigenvalue weighted by atomic mass is 9.90. The first-order valence-electron chi connectivity index (χ1n) is 11.0. The van der Waals surface area contributed by atoms with Crippen LogP contribution in [0.5, 0.6) is 5.75 Å². The molecule has 33 heavy (non-hydrogen) atoms. The molecule has 4 rings (SSSR count). The molecule has 0 saturated heterocycles. The summed E-state index contributed by atoms with van der Waals surface area (Å²) >= 11 is 8.82. The first-order valence-corrected chi connectivity index (χ1v) is 13.2. The van der Waals surface area contributed by atoms with E-state index >= 15 is 0 Å². The van der Waals surface area contributed by atoms with E-state index in [0.29, 0.717) is 27.1 Å². The summed E-state index contributed by atoms with van der Waals surface area (Å²) in [7, 11) is 1.87. The summed E-state index contributed by atoms with van der Waals surface area (Å²) in [4.78, 5) is 12.4. The highest BCUT2D eigenvalue weighted by molar-refractivity contribution is 7.99. The average Bonchev–Trinajstić information content (AvgIpc) is 3.41. The number of nitrogens with zero attached hydrogens (tertiary/aromatic N) is 5. The Morgan fingerprint density at radius 2 is 2.06 bits per heavy atom. The van der Waals surface area contributed by atoms with Crippen LogP contribution in [0.3, 0.4) is 0 Å². The third-order valence-electron chi connectivity index (χ3n) is 5.65. The average molecular weight is 507 g/mol. The molecule has 3 aromatic rings. The monoisotopic (exact) mass is 506 g/mol. The number of anilines is 1. The third-order valence-corrected chi connectivity index (χ3v) is 7.90. The van der Waals surface area contributed by atoms with E-state index in [4.69, 9.17) is 16.3 Å². The van der Waals surface area contributed by atoms with Crippen LogP contribution in [0.15, 0.2) is 23.4 Å². The van der Waals surface area contributed by atoms with E-state index in [1.807, 2.05) is 37.6 Å². The van der Waals surface area contributed by atoms with Gasteiger partial charge in [0, 0.05) is 18.0 Å². The van der Waals surface area contributed by atoms with Gasteiger partial charge in [0.15, 0.2) is 17.1 Å². The highest BCUT2D eigenvalue weighted by atomic mass is 35.5. The molecule has 1 aliphatic carbocycles. The normalized spacial score (nSPS) is 15.4. The van der Waals surface area contributed by atoms with Gasteiger partial charge in [-0.3, -0.25) is 10.1 Å². The van der Waals surface area contributed by atoms with Crippen LogP contribution >= 0.6 is 34.7 Å². The van der Waals surface area contributed by atoms with Crippen LogP contribution in [0.1, 0.15) is 67.4 Å². The number of thioether (sulfide) groups is 1. The zero-order valence-corrected chi connectivity index (χ0v) is 21.3. The summed E-state index contributed by atoms with van der Waals surface area (Å²) in [5, 5.41) is 22.7. The SMILES string of the molecule is Cc1cc(Cl)ccc1OC(C)c1nnc(SCC(=O)Nc2nnc(C3CCCCC3)s2)n1C. The fourth-order valence-electron chi connectivity index (χ4n) is 3.88. The van der Waals surface area contributed by atoms with Crippen molar-refractivity contribution in [3.63, 3.8) is 0 Å². The Bertz CT molecular complexity index is 1110. The summed E-state index contributed by atoms with van der Waals surface area (Å²) in [6.45, 7) is 3.86. The highest BCUT2D eigenvalue weighted by Crippen LogP contribution is 2.35. The van der Waals surface area contributed by atoms with E-state index in [0.717, 1.165) is 29.2 Å². The van der Waals surface area contributed by atoms with Crippen molar-refractivity contribution >= 4 is 45.7 Å². The van der Waals surface area contributed by atoms with E-state index < -0.39 is 0 Å². The largest absolute Gasteiger partial charge is 0.482 e. The Morgan fingerprint density at radius 1 is 1.27 bits per heavy atom. The van der Waals surface area contributed by atoms with Crippen molar-refractivity contribution in [1.82, 2.24) is 25.0 Å². The van der Waals surface area contributed by atoms with Crippen molar-refractivity contribution in [2.75, 3.05) is 11.1 Å². The number of aryl methyl sites for hydroxylation is 1. The minimum Gasteiger partial charge on any atom is -0.482 e. The van der Waals surface area contributed by atoms with Gasteiger partial charge in [0.05, 0.1) is 5.75 Å². The number of ether oxygens (including phenoxy) is 1. The van der Waals surface area contributed by atoms with E-state index in [2.05, 4.69) is 25.7 Å². The Labute approximate surface area is 206 Å². The van der Waals surface area contributed by atoms with Crippen LogP contribution in [-0.2, 0) is 11.8 Å². The topological polar surface area (TPSA) is 94.8 Å². The maximum absolute atomic E-state index is 12.4. The standard InChI is InChI=1S/C22H27ClN6O2S2/c1-13-11-16(23)9-10-17(13)31-14(2)19-25-28-22(29(19)3)32-12-18(30)24-21-27-26-20(33-21)15-7-5-4-6-8-15/h9-11,14-15H,4-8,12H2,1-3H3,(H,24,27,30). The lowest BCUT2D eigenvalue weighted by Gasteiger charge is -2.18. The second-order valence-corrected chi connectivity index (χ2v) is 10.6. The molecule has 0 aliphatic heterocycles. The number of rotatable bonds is 8. The van der Waals surface area contributed by atoms with E-state index in [1.54, 1.807) is 6.07 Å². The predicted molar refractivity (Wildman–Crippen MR) is 131 cm³/mol. The first kappa shape index (κ1) is 24.0. The maximum atomic E-state index is 12.4. The summed E-state index contributed by atoms with van der Waals surface area (Å²) in [5.41, 5.74) is 0.950. The van der Waals surface area contributed by atoms with Gasteiger partial charge < -0.3 is 9.30 Å². The number of amides is 1. The zero-order chi connectivity index (χ0) is 23.4. The van der Waals surface area contributed by atoms with Gasteiger partial charge in [-0.15, -0.1) is 20.4 Å². The lowest BCUT2D eigenvalue weighted by Crippen LogP contribution is -2.14. The maximum Gasteiger partial charge on any atom is 0.236 e. The predicted octanol–water partition coefficient (Wildman–Crippen LogP) is 5.55. The molecule has 1 saturated carbocycles. The molecule has 2 aromatic heterocycles. The molecule has 1 atom stereocenters. The molecule has 1 amide bonds. The van der Waals surface area contributed by atoms with Crippen molar-refractivity contribution in [2.24, 2.45) is 7.05 Å². The van der Waals surface area contributed by atoms with E-state index in [9.17, 15) is 4.79 Å². The van der Waals surface area contributed by atoms with Gasteiger partial charge in [0.25, 0.3) is 0 Å². The van der Waals surface area contributed by atoms with Gasteiger partial charge in [-0.1, -0.05) is 54.0 Å². The molecule has 0 radical (unpaired) electrons. The molecule has 1 unspecified atom stereocenters. The Hall–Kier alpha value is -2.17. The zero-order valence-electron chi connectivity index (χ0n) is 18.9. The van der Waals surface area contributed by atoms with Crippen molar-refractivity contribution in [1.29, 1.82) is 0 Å². The van der Waals surface area contributed by atoms with Gasteiger partial charge in [-0.25, -0.2) is 0 Å². The number of aromatic nitrogens is 5. The van der Waals surface area contributed by atoms with E-state index in [1.165, 1.54) is 42.4 Å². The fourth-order valence-corrected chi connectivity index (χ4v) is 5.75. The summed E-state index contributed by atoms with van der Waals surface area (Å²) in [6, 6.07) is 5.50. The minimum atomic E-state index is -0.315. The van der Waals surface area contributed by atoms with Gasteiger partial charge in [-0.05, 0) is 50.5 Å². The van der Waals surface area contributed by atoms with Crippen LogP contribution in [-0.4, -0.2) is 36.6 Å². The summed E-state index contributed by atoms with van der Waals surface area (Å²) < 4.78 is 7.90. The molecule has 176 valence electrons. The minimum absolute atomic E-state index is 0.142. The summed E-state index contributed by atoms with van der Waals surface area (Å²) in [5.74, 6) is 1.96. The molecular formula is C22H27ClN6O2S2. The second-order valence-electron chi connectivity index (χ2n) is 8.19. The quantitative estimate of drug-likeness (QED) is 0.400. The van der Waals surface area contributed by atoms with Crippen LogP contribution in [0, 0.1) is 6.92 Å². The number of carbonyl (C=O) groups excluding carboxylic acids is 1. The van der Waals surface area contributed by atoms with E-state index in [-0.39, 0.29) is 17.8 Å². The number of hydrogen-bond acceptors (Lipinski definition) is 8. The number of nitrogens with one attached hydrogen (secondary N) is 1. The van der Waals surface area contributed by atoms with Crippen LogP contribution in [0.25, 0.3) is 0 Å². The number of halogens is 1. The molecule has 1 aliphatic rings. The molecule has 11 heteroatoms. The van der Waals surface area contributed by atoms with Crippen LogP contribution < -0.4 is 10.1 Å². The number of hydrogen-bond donors (Lipinski definition) is 1. The van der Waals surface area contributed by atoms with Gasteiger partial charge in [0.2, 0.25) is 11.0 Å². The third kappa shape index (κ3) is 6.04. The van der Waals surface area contributed by atoms with Gasteiger partial charge >= 0.3 is 0 Å². The van der Waals surface area contributed by atoms with Crippen LogP contribution in [0.4, 0.5) is 5.13 Å². The Kier molecular flexibility index (Phi) is 7.87. The van der Waals surface area contributed by atoms with Crippen molar-refractivity contribution < 1.29 is 9.53 Å². The number of carbonyl (C=O) groups is 1. The lowest BCUT2D eigenvalue weighted by molar-refractivity contribution is -0.113. The Balaban J connectivity index is 1.31. The molecule has 1 aromatic carbocycles. The molecule has 0 bridgehead atoms. The van der Waals surface area contributed by atoms with Crippen molar-refractivity contribution in [2.45, 2.75) is 63.1 Å². The molecule has 1 fully saturated rings. The highest BCUT2D eigenvalue weighted by Gasteiger charge is 2.21. The van der Waals surface area contributed by atoms with Crippen molar-refractivity contribution in [3.05, 3.63) is 39.6 Å². The molecule has 0 spiro atoms. The second kappa shape index (κ2) is 10.8. The van der Waals surface area contributed by atoms with Gasteiger partial charge in [0.1, 0.15) is 10.8 Å². The molecule has 8 nitrogen and oxygen atoms in total. The molecule has 1 N–H and O–H groups in total. The van der Waals surface area contributed by atoms with Crippen molar-refractivity contribution in [3.8, 4) is 5.75 Å². The van der Waals surface area contributed by atoms with Crippen LogP contribution in [0.2, 0.25) is 5.02 Å². The number of benzene rings is 1. The molecular weight excluding hydrogens is 480 g/mol. The van der Waals surface area contributed by atoms with Gasteiger partial charge in [-0.2, -0.15) is 0 Å². The Morgan fingerprint density at radius 3 is 2.82 bits per heavy atom. The molecule has 2 heterocycles. The smallest absolute Gasteiger partial charge is 0.236 e. The summed E-state index contributed by atoms with van der Waals surface area (Å²) in [6.07, 6.45) is 5.78. The first-order chi connectivity index (χ1) is 15.9. The fraction of sp³-hybridized carbons (Fsp3) is 0.500.